The van der Waals surface area contributed by atoms with Crippen LogP contribution in [0.2, 0.25) is 0 Å². The van der Waals surface area contributed by atoms with Gasteiger partial charge in [-0.25, -0.2) is 12.8 Å². The molecule has 0 spiro atoms. The van der Waals surface area contributed by atoms with Crippen molar-refractivity contribution in [3.63, 3.8) is 0 Å². The molecule has 39 heavy (non-hydrogen) atoms. The Hall–Kier alpha value is -3.08. The van der Waals surface area contributed by atoms with Crippen molar-refractivity contribution in [3.05, 3.63) is 81.7 Å². The van der Waals surface area contributed by atoms with Crippen LogP contribution in [0.5, 0.6) is 17.2 Å². The minimum atomic E-state index is -4.01. The average molecular weight is 618 g/mol. The highest BCUT2D eigenvalue weighted by Crippen LogP contribution is 2.42. The van der Waals surface area contributed by atoms with Gasteiger partial charge in [0.05, 0.1) is 36.2 Å². The summed E-state index contributed by atoms with van der Waals surface area (Å²) in [5.41, 5.74) is 3.91. The van der Waals surface area contributed by atoms with Crippen molar-refractivity contribution in [2.75, 3.05) is 27.4 Å². The van der Waals surface area contributed by atoms with Crippen LogP contribution in [0.4, 0.5) is 4.39 Å². The quantitative estimate of drug-likeness (QED) is 0.235. The molecule has 0 radical (unpaired) electrons. The lowest BCUT2D eigenvalue weighted by atomic mass is 9.90. The largest absolute Gasteiger partial charge is 0.497 e. The summed E-state index contributed by atoms with van der Waals surface area (Å²) in [5.74, 6) is 1.31. The Kier molecular flexibility index (Phi) is 7.89. The highest BCUT2D eigenvalue weighted by atomic mass is 79.9. The molecule has 7 nitrogen and oxygen atoms in total. The highest BCUT2D eigenvalue weighted by Gasteiger charge is 2.37. The first-order valence-electron chi connectivity index (χ1n) is 12.7. The molecule has 1 aliphatic heterocycles. The zero-order valence-electron chi connectivity index (χ0n) is 22.0. The van der Waals surface area contributed by atoms with E-state index >= 15 is 0 Å². The lowest BCUT2D eigenvalue weighted by Crippen LogP contribution is -2.40. The van der Waals surface area contributed by atoms with Crippen molar-refractivity contribution >= 4 is 36.9 Å². The molecule has 1 aliphatic rings. The van der Waals surface area contributed by atoms with Crippen LogP contribution >= 0.6 is 15.9 Å². The second kappa shape index (κ2) is 11.2. The first-order chi connectivity index (χ1) is 18.8. The third-order valence-electron chi connectivity index (χ3n) is 7.19. The number of hydrogen-bond acceptors (Lipinski definition) is 5. The van der Waals surface area contributed by atoms with Crippen LogP contribution in [0.3, 0.4) is 0 Å². The number of hydrogen-bond donors (Lipinski definition) is 1. The minimum Gasteiger partial charge on any atom is -0.497 e. The monoisotopic (exact) mass is 616 g/mol. The number of aromatic nitrogens is 1. The molecular weight excluding hydrogens is 587 g/mol. The lowest BCUT2D eigenvalue weighted by Gasteiger charge is -2.37. The van der Waals surface area contributed by atoms with Crippen molar-refractivity contribution in [2.24, 2.45) is 0 Å². The van der Waals surface area contributed by atoms with Gasteiger partial charge in [0.15, 0.2) is 11.5 Å². The van der Waals surface area contributed by atoms with Crippen molar-refractivity contribution in [2.45, 2.75) is 37.1 Å². The van der Waals surface area contributed by atoms with Crippen LogP contribution in [-0.2, 0) is 22.9 Å². The Balaban J connectivity index is 1.57. The third kappa shape index (κ3) is 5.25. The molecule has 1 atom stereocenters. The summed E-state index contributed by atoms with van der Waals surface area (Å²) in [5, 5.41) is 1.03. The maximum Gasteiger partial charge on any atom is 0.243 e. The molecule has 1 N–H and O–H groups in total. The van der Waals surface area contributed by atoms with Gasteiger partial charge in [-0.3, -0.25) is 0 Å². The maximum absolute atomic E-state index is 14.4. The van der Waals surface area contributed by atoms with E-state index < -0.39 is 21.9 Å². The molecule has 1 aromatic heterocycles. The minimum absolute atomic E-state index is 0.0768. The molecule has 0 fully saturated rings. The summed E-state index contributed by atoms with van der Waals surface area (Å²) < 4.78 is 60.8. The fraction of sp³-hybridized carbons (Fsp3) is 0.310. The molecule has 10 heteroatoms. The van der Waals surface area contributed by atoms with E-state index in [4.69, 9.17) is 14.2 Å². The van der Waals surface area contributed by atoms with Crippen molar-refractivity contribution < 1.29 is 27.0 Å². The zero-order valence-corrected chi connectivity index (χ0v) is 24.4. The van der Waals surface area contributed by atoms with E-state index in [1.807, 2.05) is 43.5 Å². The van der Waals surface area contributed by atoms with Gasteiger partial charge >= 0.3 is 0 Å². The summed E-state index contributed by atoms with van der Waals surface area (Å²) in [6, 6.07) is 13.1. The smallest absolute Gasteiger partial charge is 0.243 e. The van der Waals surface area contributed by atoms with E-state index in [-0.39, 0.29) is 15.9 Å². The summed E-state index contributed by atoms with van der Waals surface area (Å²) in [7, 11) is -0.784. The molecule has 3 aromatic carbocycles. The van der Waals surface area contributed by atoms with E-state index in [9.17, 15) is 12.8 Å². The van der Waals surface area contributed by atoms with Gasteiger partial charge in [-0.05, 0) is 107 Å². The predicted octanol–water partition coefficient (Wildman–Crippen LogP) is 6.41. The Morgan fingerprint density at radius 3 is 2.62 bits per heavy atom. The first kappa shape index (κ1) is 27.5. The number of sulfonamides is 1. The van der Waals surface area contributed by atoms with Gasteiger partial charge in [0.2, 0.25) is 10.0 Å². The van der Waals surface area contributed by atoms with E-state index in [1.54, 1.807) is 14.2 Å². The Morgan fingerprint density at radius 1 is 1.08 bits per heavy atom. The topological polar surface area (TPSA) is 80.9 Å². The van der Waals surface area contributed by atoms with E-state index in [0.29, 0.717) is 37.4 Å². The van der Waals surface area contributed by atoms with Crippen LogP contribution in [0.1, 0.15) is 36.1 Å². The number of methoxy groups -OCH3 is 2. The van der Waals surface area contributed by atoms with Crippen LogP contribution in [-0.4, -0.2) is 45.1 Å². The molecule has 2 heterocycles. The number of rotatable bonds is 9. The Morgan fingerprint density at radius 2 is 1.90 bits per heavy atom. The highest BCUT2D eigenvalue weighted by molar-refractivity contribution is 9.10. The average Bonchev–Trinajstić information content (AvgIpc) is 3.34. The van der Waals surface area contributed by atoms with Gasteiger partial charge in [0.25, 0.3) is 0 Å². The van der Waals surface area contributed by atoms with Crippen LogP contribution in [0.15, 0.2) is 64.1 Å². The number of H-pyrrole nitrogens is 1. The number of aromatic amines is 1. The normalized spacial score (nSPS) is 15.8. The van der Waals surface area contributed by atoms with Crippen LogP contribution in [0.25, 0.3) is 10.9 Å². The molecule has 4 aromatic rings. The Labute approximate surface area is 236 Å². The van der Waals surface area contributed by atoms with E-state index in [1.165, 1.54) is 16.4 Å². The van der Waals surface area contributed by atoms with Crippen molar-refractivity contribution in [1.29, 1.82) is 0 Å². The lowest BCUT2D eigenvalue weighted by molar-refractivity contribution is 0.284. The molecule has 0 saturated heterocycles. The molecule has 0 amide bonds. The molecule has 0 saturated carbocycles. The molecular formula is C29H30BrFN2O5S. The van der Waals surface area contributed by atoms with Gasteiger partial charge in [-0.2, -0.15) is 4.31 Å². The number of aryl methyl sites for hydroxylation is 1. The summed E-state index contributed by atoms with van der Waals surface area (Å²) in [6.07, 6.45) is 3.56. The van der Waals surface area contributed by atoms with E-state index in [2.05, 4.69) is 20.9 Å². The predicted molar refractivity (Wildman–Crippen MR) is 152 cm³/mol. The fourth-order valence-electron chi connectivity index (χ4n) is 5.26. The SMILES string of the molecule is CCOc1cc2c(cc1OC)CCN(S(=O)(=O)c1ccc(Br)c(F)c1)[C@H]2CCc1c[nH]c2ccc(OC)cc12. The number of nitrogens with one attached hydrogen (secondary N) is 1. The summed E-state index contributed by atoms with van der Waals surface area (Å²) >= 11 is 3.12. The summed E-state index contributed by atoms with van der Waals surface area (Å²) in [4.78, 5) is 3.22. The second-order valence-corrected chi connectivity index (χ2v) is 12.1. The second-order valence-electron chi connectivity index (χ2n) is 9.36. The van der Waals surface area contributed by atoms with Crippen molar-refractivity contribution in [1.82, 2.24) is 9.29 Å². The fourth-order valence-corrected chi connectivity index (χ4v) is 7.15. The van der Waals surface area contributed by atoms with Crippen molar-refractivity contribution in [3.8, 4) is 17.2 Å². The van der Waals surface area contributed by atoms with Gasteiger partial charge in [0, 0.05) is 23.6 Å². The molecule has 0 unspecified atom stereocenters. The number of benzene rings is 3. The Bertz CT molecular complexity index is 1620. The number of nitrogens with zero attached hydrogens (tertiary/aromatic N) is 1. The number of ether oxygens (including phenoxy) is 3. The number of halogens is 2. The third-order valence-corrected chi connectivity index (χ3v) is 9.74. The van der Waals surface area contributed by atoms with Crippen LogP contribution < -0.4 is 14.2 Å². The zero-order chi connectivity index (χ0) is 27.7. The van der Waals surface area contributed by atoms with Crippen LogP contribution in [0, 0.1) is 5.82 Å². The van der Waals surface area contributed by atoms with Gasteiger partial charge in [-0.1, -0.05) is 0 Å². The maximum atomic E-state index is 14.4. The van der Waals surface area contributed by atoms with E-state index in [0.717, 1.165) is 39.4 Å². The van der Waals surface area contributed by atoms with Gasteiger partial charge in [-0.15, -0.1) is 0 Å². The molecule has 5 rings (SSSR count). The molecule has 0 bridgehead atoms. The summed E-state index contributed by atoms with van der Waals surface area (Å²) in [6.45, 7) is 2.59. The van der Waals surface area contributed by atoms with Gasteiger partial charge in [0.1, 0.15) is 11.6 Å². The molecule has 206 valence electrons. The standard InChI is InChI=1S/C29H30BrFN2O5S/c1-4-38-29-16-23-18(13-28(29)37-3)11-12-33(39(34,35)21-7-8-24(30)25(31)15-21)27(23)10-5-19-17-32-26-9-6-20(36-2)14-22(19)26/h6-9,13-17,27,32H,4-5,10-12H2,1-3H3/t27-/m0/s1. The van der Waals surface area contributed by atoms with Gasteiger partial charge < -0.3 is 19.2 Å². The molecule has 0 aliphatic carbocycles. The number of fused-ring (bicyclic) bond motifs is 2. The first-order valence-corrected chi connectivity index (χ1v) is 14.9.